The van der Waals surface area contributed by atoms with Crippen molar-refractivity contribution in [3.63, 3.8) is 0 Å². The quantitative estimate of drug-likeness (QED) is 0.737. The maximum Gasteiger partial charge on any atom is 0.134 e. The monoisotopic (exact) mass is 306 g/mol. The number of aliphatic hydroxyl groups excluding tert-OH is 1. The normalized spacial score (nSPS) is 12.8. The molecule has 2 nitrogen and oxygen atoms in total. The van der Waals surface area contributed by atoms with Crippen molar-refractivity contribution in [2.24, 2.45) is 0 Å². The molecule has 0 aliphatic heterocycles. The van der Waals surface area contributed by atoms with E-state index in [1.807, 2.05) is 36.4 Å². The van der Waals surface area contributed by atoms with E-state index >= 15 is 0 Å². The standard InChI is InChI=1S/C16H12Cl2O2/c17-12-6-5-10(13(18)9-12)7-14(19)16-8-11-3-1-2-4-15(11)20-16/h1-6,8-9,14,19H,7H2. The number of hydrogen-bond donors (Lipinski definition) is 1. The van der Waals surface area contributed by atoms with Crippen molar-refractivity contribution in [3.8, 4) is 0 Å². The minimum atomic E-state index is -0.735. The summed E-state index contributed by atoms with van der Waals surface area (Å²) in [7, 11) is 0. The molecule has 1 N–H and O–H groups in total. The third kappa shape index (κ3) is 2.68. The van der Waals surface area contributed by atoms with Crippen LogP contribution in [0.1, 0.15) is 17.4 Å². The summed E-state index contributed by atoms with van der Waals surface area (Å²) in [6, 6.07) is 14.8. The fourth-order valence-electron chi connectivity index (χ4n) is 2.16. The number of hydrogen-bond acceptors (Lipinski definition) is 2. The second-order valence-corrected chi connectivity index (χ2v) is 5.49. The van der Waals surface area contributed by atoms with Crippen molar-refractivity contribution in [1.82, 2.24) is 0 Å². The molecule has 3 rings (SSSR count). The number of furan rings is 1. The summed E-state index contributed by atoms with van der Waals surface area (Å²) in [6.07, 6.45) is -0.350. The topological polar surface area (TPSA) is 33.4 Å². The fourth-order valence-corrected chi connectivity index (χ4v) is 2.65. The van der Waals surface area contributed by atoms with Gasteiger partial charge >= 0.3 is 0 Å². The Balaban J connectivity index is 1.86. The summed E-state index contributed by atoms with van der Waals surface area (Å²) in [5.74, 6) is 0.539. The average Bonchev–Trinajstić information content (AvgIpc) is 2.86. The zero-order valence-corrected chi connectivity index (χ0v) is 12.0. The minimum Gasteiger partial charge on any atom is -0.458 e. The number of halogens is 2. The third-order valence-electron chi connectivity index (χ3n) is 3.20. The van der Waals surface area contributed by atoms with Crippen LogP contribution in [0.15, 0.2) is 52.9 Å². The molecule has 102 valence electrons. The predicted octanol–water partition coefficient (Wildman–Crippen LogP) is 5.02. The van der Waals surface area contributed by atoms with Gasteiger partial charge in [-0.25, -0.2) is 0 Å². The van der Waals surface area contributed by atoms with Gasteiger partial charge in [0.1, 0.15) is 17.4 Å². The molecule has 0 fully saturated rings. The molecule has 0 spiro atoms. The number of fused-ring (bicyclic) bond motifs is 1. The highest BCUT2D eigenvalue weighted by Crippen LogP contribution is 2.29. The van der Waals surface area contributed by atoms with Gasteiger partial charge in [0.05, 0.1) is 0 Å². The van der Waals surface area contributed by atoms with E-state index in [0.29, 0.717) is 22.2 Å². The van der Waals surface area contributed by atoms with Crippen LogP contribution < -0.4 is 0 Å². The molecule has 0 aliphatic carbocycles. The number of benzene rings is 2. The van der Waals surface area contributed by atoms with Gasteiger partial charge in [-0.3, -0.25) is 0 Å². The van der Waals surface area contributed by atoms with Crippen LogP contribution >= 0.6 is 23.2 Å². The second kappa shape index (κ2) is 5.49. The van der Waals surface area contributed by atoms with E-state index in [1.54, 1.807) is 12.1 Å². The molecular formula is C16H12Cl2O2. The first-order valence-electron chi connectivity index (χ1n) is 6.24. The lowest BCUT2D eigenvalue weighted by molar-refractivity contribution is 0.152. The van der Waals surface area contributed by atoms with Gasteiger partial charge < -0.3 is 9.52 Å². The van der Waals surface area contributed by atoms with Crippen LogP contribution in [0.4, 0.5) is 0 Å². The summed E-state index contributed by atoms with van der Waals surface area (Å²) >= 11 is 12.0. The van der Waals surface area contributed by atoms with Gasteiger partial charge in [-0.1, -0.05) is 47.5 Å². The highest BCUT2D eigenvalue weighted by atomic mass is 35.5. The summed E-state index contributed by atoms with van der Waals surface area (Å²) in [5, 5.41) is 12.4. The predicted molar refractivity (Wildman–Crippen MR) is 81.3 cm³/mol. The Morgan fingerprint density at radius 1 is 1.05 bits per heavy atom. The van der Waals surface area contributed by atoms with Gasteiger partial charge in [0.2, 0.25) is 0 Å². The van der Waals surface area contributed by atoms with Crippen molar-refractivity contribution in [2.45, 2.75) is 12.5 Å². The maximum atomic E-state index is 10.3. The molecule has 1 heterocycles. The fraction of sp³-hybridized carbons (Fsp3) is 0.125. The molecule has 0 bridgehead atoms. The molecule has 4 heteroatoms. The first-order chi connectivity index (χ1) is 9.63. The minimum absolute atomic E-state index is 0.385. The molecule has 0 radical (unpaired) electrons. The molecule has 0 amide bonds. The third-order valence-corrected chi connectivity index (χ3v) is 3.79. The zero-order valence-electron chi connectivity index (χ0n) is 10.5. The van der Waals surface area contributed by atoms with Gasteiger partial charge in [0.25, 0.3) is 0 Å². The van der Waals surface area contributed by atoms with Gasteiger partial charge in [-0.15, -0.1) is 0 Å². The molecule has 2 aromatic carbocycles. The Morgan fingerprint density at radius 3 is 2.60 bits per heavy atom. The Morgan fingerprint density at radius 2 is 1.85 bits per heavy atom. The van der Waals surface area contributed by atoms with Gasteiger partial charge in [-0.2, -0.15) is 0 Å². The number of rotatable bonds is 3. The Kier molecular flexibility index (Phi) is 3.70. The van der Waals surface area contributed by atoms with Crippen LogP contribution in [0, 0.1) is 0 Å². The summed E-state index contributed by atoms with van der Waals surface area (Å²) in [4.78, 5) is 0. The second-order valence-electron chi connectivity index (χ2n) is 4.64. The smallest absolute Gasteiger partial charge is 0.134 e. The van der Waals surface area contributed by atoms with Crippen LogP contribution in [-0.4, -0.2) is 5.11 Å². The van der Waals surface area contributed by atoms with E-state index in [4.69, 9.17) is 27.6 Å². The lowest BCUT2D eigenvalue weighted by Gasteiger charge is -2.09. The van der Waals surface area contributed by atoms with Gasteiger partial charge in [-0.05, 0) is 29.8 Å². The highest BCUT2D eigenvalue weighted by Gasteiger charge is 2.15. The maximum absolute atomic E-state index is 10.3. The van der Waals surface area contributed by atoms with Crippen LogP contribution in [0.25, 0.3) is 11.0 Å². The molecule has 1 atom stereocenters. The Hall–Kier alpha value is -1.48. The van der Waals surface area contributed by atoms with Crippen LogP contribution in [0.5, 0.6) is 0 Å². The van der Waals surface area contributed by atoms with Crippen LogP contribution in [0.2, 0.25) is 10.0 Å². The van der Waals surface area contributed by atoms with E-state index in [0.717, 1.165) is 16.5 Å². The molecule has 3 aromatic rings. The lowest BCUT2D eigenvalue weighted by atomic mass is 10.1. The van der Waals surface area contributed by atoms with E-state index in [-0.39, 0.29) is 0 Å². The molecular weight excluding hydrogens is 295 g/mol. The lowest BCUT2D eigenvalue weighted by Crippen LogP contribution is -2.00. The molecule has 1 aromatic heterocycles. The molecule has 1 unspecified atom stereocenters. The van der Waals surface area contributed by atoms with Crippen molar-refractivity contribution >= 4 is 34.2 Å². The van der Waals surface area contributed by atoms with Crippen molar-refractivity contribution < 1.29 is 9.52 Å². The van der Waals surface area contributed by atoms with E-state index < -0.39 is 6.10 Å². The Labute approximate surface area is 126 Å². The first-order valence-corrected chi connectivity index (χ1v) is 6.99. The van der Waals surface area contributed by atoms with Gasteiger partial charge in [0.15, 0.2) is 0 Å². The summed E-state index contributed by atoms with van der Waals surface area (Å²) in [5.41, 5.74) is 1.60. The molecule has 0 saturated heterocycles. The molecule has 0 aliphatic rings. The van der Waals surface area contributed by atoms with E-state index in [9.17, 15) is 5.11 Å². The SMILES string of the molecule is OC(Cc1ccc(Cl)cc1Cl)c1cc2ccccc2o1. The highest BCUT2D eigenvalue weighted by molar-refractivity contribution is 6.35. The molecule has 20 heavy (non-hydrogen) atoms. The van der Waals surface area contributed by atoms with Crippen molar-refractivity contribution in [3.05, 3.63) is 69.9 Å². The largest absolute Gasteiger partial charge is 0.458 e. The first kappa shape index (κ1) is 13.5. The Bertz CT molecular complexity index is 716. The summed E-state index contributed by atoms with van der Waals surface area (Å²) < 4.78 is 5.65. The summed E-state index contributed by atoms with van der Waals surface area (Å²) in [6.45, 7) is 0. The molecule has 0 saturated carbocycles. The number of para-hydroxylation sites is 1. The zero-order chi connectivity index (χ0) is 14.1. The van der Waals surface area contributed by atoms with Crippen molar-refractivity contribution in [2.75, 3.05) is 0 Å². The van der Waals surface area contributed by atoms with E-state index in [2.05, 4.69) is 0 Å². The van der Waals surface area contributed by atoms with E-state index in [1.165, 1.54) is 0 Å². The average molecular weight is 307 g/mol. The van der Waals surface area contributed by atoms with Crippen LogP contribution in [-0.2, 0) is 6.42 Å². The van der Waals surface area contributed by atoms with Crippen molar-refractivity contribution in [1.29, 1.82) is 0 Å². The van der Waals surface area contributed by atoms with Crippen LogP contribution in [0.3, 0.4) is 0 Å². The van der Waals surface area contributed by atoms with Gasteiger partial charge in [0, 0.05) is 21.9 Å². The number of aliphatic hydroxyl groups is 1.